The maximum absolute atomic E-state index is 11.7. The highest BCUT2D eigenvalue weighted by Crippen LogP contribution is 2.14. The number of rotatable bonds is 8. The molecule has 1 saturated heterocycles. The number of aliphatic carboxylic acids is 1. The van der Waals surface area contributed by atoms with Crippen molar-refractivity contribution in [1.29, 1.82) is 0 Å². The zero-order valence-electron chi connectivity index (χ0n) is 12.5. The number of carboxylic acid groups (broad SMARTS) is 1. The summed E-state index contributed by atoms with van der Waals surface area (Å²) in [6, 6.07) is 0. The molecular weight excluding hydrogens is 296 g/mol. The lowest BCUT2D eigenvalue weighted by atomic mass is 9.97. The molecule has 0 spiro atoms. The summed E-state index contributed by atoms with van der Waals surface area (Å²) in [5, 5.41) is 11.6. The van der Waals surface area contributed by atoms with Gasteiger partial charge in [-0.05, 0) is 18.8 Å². The number of amides is 1. The van der Waals surface area contributed by atoms with E-state index in [9.17, 15) is 18.0 Å². The van der Waals surface area contributed by atoms with E-state index in [1.54, 1.807) is 0 Å². The van der Waals surface area contributed by atoms with Crippen LogP contribution in [0.15, 0.2) is 0 Å². The number of carbonyl (C=O) groups is 2. The molecule has 2 N–H and O–H groups in total. The number of hydrogen-bond donors (Lipinski definition) is 2. The highest BCUT2D eigenvalue weighted by Gasteiger charge is 2.28. The van der Waals surface area contributed by atoms with Crippen molar-refractivity contribution >= 4 is 21.9 Å². The number of nitrogens with zero attached hydrogens (tertiary/aromatic N) is 1. The third-order valence-electron chi connectivity index (χ3n) is 3.44. The molecule has 0 aromatic heterocycles. The molecule has 1 unspecified atom stereocenters. The Morgan fingerprint density at radius 3 is 2.48 bits per heavy atom. The van der Waals surface area contributed by atoms with Crippen LogP contribution in [0.5, 0.6) is 0 Å². The van der Waals surface area contributed by atoms with Crippen LogP contribution < -0.4 is 5.32 Å². The first-order valence-electron chi connectivity index (χ1n) is 7.19. The van der Waals surface area contributed by atoms with Gasteiger partial charge in [0.1, 0.15) is 0 Å². The lowest BCUT2D eigenvalue weighted by Gasteiger charge is -2.17. The van der Waals surface area contributed by atoms with Gasteiger partial charge in [0.15, 0.2) is 0 Å². The Labute approximate surface area is 125 Å². The Morgan fingerprint density at radius 1 is 1.33 bits per heavy atom. The second kappa shape index (κ2) is 7.74. The Bertz CT molecular complexity index is 475. The Kier molecular flexibility index (Phi) is 6.60. The van der Waals surface area contributed by atoms with Crippen LogP contribution in [0.3, 0.4) is 0 Å². The smallest absolute Gasteiger partial charge is 0.308 e. The third-order valence-corrected chi connectivity index (χ3v) is 5.40. The first-order chi connectivity index (χ1) is 9.72. The van der Waals surface area contributed by atoms with Gasteiger partial charge in [-0.25, -0.2) is 12.7 Å². The minimum absolute atomic E-state index is 0.0627. The van der Waals surface area contributed by atoms with Crippen LogP contribution in [0.4, 0.5) is 0 Å². The van der Waals surface area contributed by atoms with Crippen LogP contribution >= 0.6 is 0 Å². The average molecular weight is 320 g/mol. The first kappa shape index (κ1) is 17.9. The molecule has 1 aliphatic heterocycles. The van der Waals surface area contributed by atoms with Gasteiger partial charge in [0.25, 0.3) is 0 Å². The van der Waals surface area contributed by atoms with Crippen molar-refractivity contribution < 1.29 is 23.1 Å². The van der Waals surface area contributed by atoms with Gasteiger partial charge in [0.05, 0.1) is 11.7 Å². The van der Waals surface area contributed by atoms with Gasteiger partial charge in [-0.3, -0.25) is 9.59 Å². The van der Waals surface area contributed by atoms with E-state index in [4.69, 9.17) is 5.11 Å². The molecule has 0 saturated carbocycles. The van der Waals surface area contributed by atoms with Gasteiger partial charge in [-0.1, -0.05) is 13.8 Å². The molecular formula is C13H24N2O5S. The predicted octanol–water partition coefficient (Wildman–Crippen LogP) is 0.275. The van der Waals surface area contributed by atoms with Gasteiger partial charge in [0, 0.05) is 26.1 Å². The van der Waals surface area contributed by atoms with E-state index in [0.29, 0.717) is 19.4 Å². The second-order valence-electron chi connectivity index (χ2n) is 5.79. The summed E-state index contributed by atoms with van der Waals surface area (Å²) in [5.74, 6) is -1.47. The summed E-state index contributed by atoms with van der Waals surface area (Å²) < 4.78 is 24.4. The van der Waals surface area contributed by atoms with Gasteiger partial charge < -0.3 is 10.4 Å². The van der Waals surface area contributed by atoms with Gasteiger partial charge in [-0.2, -0.15) is 0 Å². The normalized spacial score (nSPS) is 19.6. The number of carboxylic acids is 1. The minimum atomic E-state index is -3.18. The standard InChI is InChI=1S/C13H24N2O5S/c1-10(2)8-11(13(17)18)9-14-12(16)4-6-15-5-3-7-21(15,19)20/h10-11H,3-9H2,1-2H3,(H,14,16)(H,17,18). The quantitative estimate of drug-likeness (QED) is 0.668. The Morgan fingerprint density at radius 2 is 2.00 bits per heavy atom. The highest BCUT2D eigenvalue weighted by atomic mass is 32.2. The molecule has 21 heavy (non-hydrogen) atoms. The maximum Gasteiger partial charge on any atom is 0.308 e. The van der Waals surface area contributed by atoms with E-state index < -0.39 is 21.9 Å². The van der Waals surface area contributed by atoms with E-state index in [1.165, 1.54) is 4.31 Å². The molecule has 0 aromatic carbocycles. The second-order valence-corrected chi connectivity index (χ2v) is 7.88. The van der Waals surface area contributed by atoms with E-state index in [0.717, 1.165) is 0 Å². The van der Waals surface area contributed by atoms with Crippen LogP contribution in [-0.2, 0) is 19.6 Å². The van der Waals surface area contributed by atoms with Crippen molar-refractivity contribution in [2.45, 2.75) is 33.1 Å². The molecule has 0 radical (unpaired) electrons. The molecule has 1 amide bonds. The molecule has 122 valence electrons. The molecule has 7 nitrogen and oxygen atoms in total. The summed E-state index contributed by atoms with van der Waals surface area (Å²) in [6.07, 6.45) is 1.16. The first-order valence-corrected chi connectivity index (χ1v) is 8.80. The summed E-state index contributed by atoms with van der Waals surface area (Å²) in [4.78, 5) is 22.8. The fourth-order valence-corrected chi connectivity index (χ4v) is 3.86. The van der Waals surface area contributed by atoms with Crippen molar-refractivity contribution in [3.63, 3.8) is 0 Å². The van der Waals surface area contributed by atoms with Crippen molar-refractivity contribution in [2.24, 2.45) is 11.8 Å². The predicted molar refractivity (Wildman–Crippen MR) is 78.2 cm³/mol. The van der Waals surface area contributed by atoms with Crippen molar-refractivity contribution in [2.75, 3.05) is 25.4 Å². The van der Waals surface area contributed by atoms with Gasteiger partial charge in [-0.15, -0.1) is 0 Å². The number of hydrogen-bond acceptors (Lipinski definition) is 4. The van der Waals surface area contributed by atoms with E-state index in [2.05, 4.69) is 5.32 Å². The topological polar surface area (TPSA) is 104 Å². The number of nitrogens with one attached hydrogen (secondary N) is 1. The molecule has 8 heteroatoms. The molecule has 1 aliphatic rings. The van der Waals surface area contributed by atoms with E-state index >= 15 is 0 Å². The molecule has 1 fully saturated rings. The third kappa shape index (κ3) is 6.01. The summed E-state index contributed by atoms with van der Waals surface area (Å²) in [7, 11) is -3.18. The largest absolute Gasteiger partial charge is 0.481 e. The number of sulfonamides is 1. The minimum Gasteiger partial charge on any atom is -0.481 e. The zero-order chi connectivity index (χ0) is 16.0. The van der Waals surface area contributed by atoms with E-state index in [1.807, 2.05) is 13.8 Å². The molecule has 1 heterocycles. The van der Waals surface area contributed by atoms with Crippen molar-refractivity contribution in [3.8, 4) is 0 Å². The zero-order valence-corrected chi connectivity index (χ0v) is 13.4. The van der Waals surface area contributed by atoms with E-state index in [-0.39, 0.29) is 37.1 Å². The summed E-state index contributed by atoms with van der Waals surface area (Å²) in [5.41, 5.74) is 0. The van der Waals surface area contributed by atoms with Crippen LogP contribution in [0, 0.1) is 11.8 Å². The van der Waals surface area contributed by atoms with Crippen LogP contribution in [0.1, 0.15) is 33.1 Å². The van der Waals surface area contributed by atoms with Crippen molar-refractivity contribution in [3.05, 3.63) is 0 Å². The maximum atomic E-state index is 11.7. The fourth-order valence-electron chi connectivity index (χ4n) is 2.33. The summed E-state index contributed by atoms with van der Waals surface area (Å²) >= 11 is 0. The monoisotopic (exact) mass is 320 g/mol. The SMILES string of the molecule is CC(C)CC(CNC(=O)CCN1CCCS1(=O)=O)C(=O)O. The summed E-state index contributed by atoms with van der Waals surface area (Å²) in [6.45, 7) is 4.56. The lowest BCUT2D eigenvalue weighted by molar-refractivity contribution is -0.142. The van der Waals surface area contributed by atoms with Crippen LogP contribution in [-0.4, -0.2) is 55.1 Å². The van der Waals surface area contributed by atoms with Gasteiger partial charge >= 0.3 is 5.97 Å². The highest BCUT2D eigenvalue weighted by molar-refractivity contribution is 7.89. The van der Waals surface area contributed by atoms with Crippen molar-refractivity contribution in [1.82, 2.24) is 9.62 Å². The van der Waals surface area contributed by atoms with Crippen LogP contribution in [0.2, 0.25) is 0 Å². The average Bonchev–Trinajstić information content (AvgIpc) is 2.70. The molecule has 0 aromatic rings. The van der Waals surface area contributed by atoms with Crippen LogP contribution in [0.25, 0.3) is 0 Å². The molecule has 1 rings (SSSR count). The molecule has 1 atom stereocenters. The lowest BCUT2D eigenvalue weighted by Crippen LogP contribution is -2.36. The number of carbonyl (C=O) groups excluding carboxylic acids is 1. The molecule has 0 aliphatic carbocycles. The Hall–Kier alpha value is -1.15. The Balaban J connectivity index is 2.35. The molecule has 0 bridgehead atoms. The fraction of sp³-hybridized carbons (Fsp3) is 0.846. The van der Waals surface area contributed by atoms with Gasteiger partial charge in [0.2, 0.25) is 15.9 Å².